The van der Waals surface area contributed by atoms with E-state index >= 15 is 0 Å². The van der Waals surface area contributed by atoms with E-state index in [-0.39, 0.29) is 0 Å². The van der Waals surface area contributed by atoms with Crippen molar-refractivity contribution < 1.29 is 0 Å². The standard InChI is InChI=1S/C13H18BrN3S/c1-8(2)15-6-10-7-17(4)16-13(10)11-5-12(14)18-9(11)3/h5,7-8,15H,6H2,1-4H3. The van der Waals surface area contributed by atoms with E-state index in [2.05, 4.69) is 59.4 Å². The maximum atomic E-state index is 4.60. The molecule has 0 aliphatic heterocycles. The van der Waals surface area contributed by atoms with Crippen LogP contribution in [0.3, 0.4) is 0 Å². The summed E-state index contributed by atoms with van der Waals surface area (Å²) < 4.78 is 3.04. The second-order valence-corrected chi connectivity index (χ2v) is 7.37. The van der Waals surface area contributed by atoms with Crippen molar-refractivity contribution in [3.8, 4) is 11.3 Å². The first-order valence-electron chi connectivity index (χ1n) is 5.99. The van der Waals surface area contributed by atoms with Gasteiger partial charge in [-0.2, -0.15) is 5.10 Å². The van der Waals surface area contributed by atoms with Crippen molar-refractivity contribution in [1.29, 1.82) is 0 Å². The Kier molecular flexibility index (Phi) is 4.25. The Morgan fingerprint density at radius 1 is 1.50 bits per heavy atom. The quantitative estimate of drug-likeness (QED) is 0.927. The van der Waals surface area contributed by atoms with E-state index in [0.717, 1.165) is 16.0 Å². The molecule has 0 amide bonds. The van der Waals surface area contributed by atoms with Gasteiger partial charge in [-0.05, 0) is 28.9 Å². The molecular weight excluding hydrogens is 310 g/mol. The van der Waals surface area contributed by atoms with Crippen molar-refractivity contribution in [2.45, 2.75) is 33.4 Å². The van der Waals surface area contributed by atoms with Crippen molar-refractivity contribution in [1.82, 2.24) is 15.1 Å². The molecule has 2 rings (SSSR count). The van der Waals surface area contributed by atoms with Crippen molar-refractivity contribution in [3.05, 3.63) is 26.5 Å². The number of hydrogen-bond donors (Lipinski definition) is 1. The minimum atomic E-state index is 0.480. The fourth-order valence-corrected chi connectivity index (χ4v) is 3.58. The average molecular weight is 328 g/mol. The van der Waals surface area contributed by atoms with Crippen LogP contribution in [-0.2, 0) is 13.6 Å². The molecule has 0 saturated heterocycles. The van der Waals surface area contributed by atoms with Gasteiger partial charge >= 0.3 is 0 Å². The van der Waals surface area contributed by atoms with Gasteiger partial charge < -0.3 is 5.32 Å². The summed E-state index contributed by atoms with van der Waals surface area (Å²) in [5.74, 6) is 0. The molecule has 1 N–H and O–H groups in total. The Balaban J connectivity index is 2.35. The zero-order chi connectivity index (χ0) is 13.3. The average Bonchev–Trinajstić information content (AvgIpc) is 2.78. The van der Waals surface area contributed by atoms with Crippen LogP contribution in [-0.4, -0.2) is 15.8 Å². The van der Waals surface area contributed by atoms with E-state index in [1.54, 1.807) is 11.3 Å². The lowest BCUT2D eigenvalue weighted by atomic mass is 10.1. The van der Waals surface area contributed by atoms with Crippen LogP contribution in [0.15, 0.2) is 16.0 Å². The summed E-state index contributed by atoms with van der Waals surface area (Å²) in [6.07, 6.45) is 2.09. The van der Waals surface area contributed by atoms with Crippen LogP contribution < -0.4 is 5.32 Å². The second-order valence-electron chi connectivity index (χ2n) is 4.73. The number of aromatic nitrogens is 2. The fraction of sp³-hybridized carbons (Fsp3) is 0.462. The molecule has 0 radical (unpaired) electrons. The Morgan fingerprint density at radius 3 is 2.78 bits per heavy atom. The van der Waals surface area contributed by atoms with Crippen molar-refractivity contribution >= 4 is 27.3 Å². The van der Waals surface area contributed by atoms with E-state index in [1.165, 1.54) is 16.0 Å². The Hall–Kier alpha value is -0.650. The second kappa shape index (κ2) is 5.55. The molecule has 0 aliphatic rings. The predicted octanol–water partition coefficient (Wildman–Crippen LogP) is 3.72. The lowest BCUT2D eigenvalue weighted by molar-refractivity contribution is 0.589. The van der Waals surface area contributed by atoms with Crippen LogP contribution in [0, 0.1) is 6.92 Å². The first-order valence-corrected chi connectivity index (χ1v) is 7.60. The van der Waals surface area contributed by atoms with Gasteiger partial charge in [-0.15, -0.1) is 11.3 Å². The molecule has 2 aromatic heterocycles. The van der Waals surface area contributed by atoms with Gasteiger partial charge in [0.25, 0.3) is 0 Å². The molecule has 3 nitrogen and oxygen atoms in total. The summed E-state index contributed by atoms with van der Waals surface area (Å²) in [4.78, 5) is 1.30. The first-order chi connectivity index (χ1) is 8.47. The van der Waals surface area contributed by atoms with Crippen molar-refractivity contribution in [2.75, 3.05) is 0 Å². The zero-order valence-electron chi connectivity index (χ0n) is 11.1. The highest BCUT2D eigenvalue weighted by molar-refractivity contribution is 9.11. The van der Waals surface area contributed by atoms with Gasteiger partial charge in [-0.3, -0.25) is 4.68 Å². The fourth-order valence-electron chi connectivity index (χ4n) is 1.89. The van der Waals surface area contributed by atoms with Gasteiger partial charge in [-0.1, -0.05) is 13.8 Å². The molecule has 0 spiro atoms. The van der Waals surface area contributed by atoms with Crippen molar-refractivity contribution in [2.24, 2.45) is 7.05 Å². The summed E-state index contributed by atoms with van der Waals surface area (Å²) >= 11 is 5.30. The molecule has 5 heteroatoms. The monoisotopic (exact) mass is 327 g/mol. The van der Waals surface area contributed by atoms with Crippen LogP contribution >= 0.6 is 27.3 Å². The van der Waals surface area contributed by atoms with Crippen molar-refractivity contribution in [3.63, 3.8) is 0 Å². The minimum absolute atomic E-state index is 0.480. The van der Waals surface area contributed by atoms with Crippen LogP contribution in [0.5, 0.6) is 0 Å². The molecule has 0 unspecified atom stereocenters. The molecule has 0 saturated carbocycles. The molecule has 18 heavy (non-hydrogen) atoms. The van der Waals surface area contributed by atoms with E-state index in [4.69, 9.17) is 0 Å². The molecule has 0 aromatic carbocycles. The summed E-state index contributed by atoms with van der Waals surface area (Å²) in [6, 6.07) is 2.63. The van der Waals surface area contributed by atoms with Gasteiger partial charge in [0.2, 0.25) is 0 Å². The Bertz CT molecular complexity index is 542. The third-order valence-corrected chi connectivity index (χ3v) is 4.30. The van der Waals surface area contributed by atoms with Gasteiger partial charge in [0.15, 0.2) is 0 Å². The molecule has 2 aromatic rings. The van der Waals surface area contributed by atoms with Crippen LogP contribution in [0.25, 0.3) is 11.3 Å². The van der Waals surface area contributed by atoms with E-state index in [9.17, 15) is 0 Å². The lowest BCUT2D eigenvalue weighted by Gasteiger charge is -2.07. The number of aryl methyl sites for hydroxylation is 2. The highest BCUT2D eigenvalue weighted by Gasteiger charge is 2.14. The summed E-state index contributed by atoms with van der Waals surface area (Å²) in [7, 11) is 1.97. The molecular formula is C13H18BrN3S. The normalized spacial score (nSPS) is 11.4. The summed E-state index contributed by atoms with van der Waals surface area (Å²) in [6.45, 7) is 7.30. The summed E-state index contributed by atoms with van der Waals surface area (Å²) in [5, 5.41) is 8.05. The largest absolute Gasteiger partial charge is 0.310 e. The zero-order valence-corrected chi connectivity index (χ0v) is 13.5. The molecule has 0 aliphatic carbocycles. The number of halogens is 1. The van der Waals surface area contributed by atoms with E-state index < -0.39 is 0 Å². The number of nitrogens with zero attached hydrogens (tertiary/aromatic N) is 2. The van der Waals surface area contributed by atoms with Gasteiger partial charge in [0.05, 0.1) is 9.48 Å². The molecule has 0 bridgehead atoms. The van der Waals surface area contributed by atoms with E-state index in [1.807, 2.05) is 11.7 Å². The number of hydrogen-bond acceptors (Lipinski definition) is 3. The maximum Gasteiger partial charge on any atom is 0.0979 e. The smallest absolute Gasteiger partial charge is 0.0979 e. The van der Waals surface area contributed by atoms with Gasteiger partial charge in [0.1, 0.15) is 0 Å². The van der Waals surface area contributed by atoms with Gasteiger partial charge in [-0.25, -0.2) is 0 Å². The number of thiophene rings is 1. The predicted molar refractivity (Wildman–Crippen MR) is 80.9 cm³/mol. The summed E-state index contributed by atoms with van der Waals surface area (Å²) in [5.41, 5.74) is 3.57. The van der Waals surface area contributed by atoms with E-state index in [0.29, 0.717) is 6.04 Å². The third-order valence-electron chi connectivity index (χ3n) is 2.75. The highest BCUT2D eigenvalue weighted by Crippen LogP contribution is 2.34. The topological polar surface area (TPSA) is 29.9 Å². The number of rotatable bonds is 4. The minimum Gasteiger partial charge on any atom is -0.310 e. The first kappa shape index (κ1) is 13.8. The number of nitrogens with one attached hydrogen (secondary N) is 1. The maximum absolute atomic E-state index is 4.60. The van der Waals surface area contributed by atoms with Crippen LogP contribution in [0.1, 0.15) is 24.3 Å². The molecule has 98 valence electrons. The van der Waals surface area contributed by atoms with Crippen LogP contribution in [0.4, 0.5) is 0 Å². The molecule has 0 atom stereocenters. The van der Waals surface area contributed by atoms with Gasteiger partial charge in [0, 0.05) is 41.8 Å². The SMILES string of the molecule is Cc1sc(Br)cc1-c1nn(C)cc1CNC(C)C. The van der Waals surface area contributed by atoms with Crippen LogP contribution in [0.2, 0.25) is 0 Å². The Labute approximate surface area is 120 Å². The molecule has 2 heterocycles. The Morgan fingerprint density at radius 2 is 2.22 bits per heavy atom. The third kappa shape index (κ3) is 3.02. The lowest BCUT2D eigenvalue weighted by Crippen LogP contribution is -2.21. The highest BCUT2D eigenvalue weighted by atomic mass is 79.9. The molecule has 0 fully saturated rings.